The number of ketones is 1. The van der Waals surface area contributed by atoms with E-state index in [2.05, 4.69) is 13.8 Å². The molecule has 7 unspecified atom stereocenters. The SMILES string of the molecule is CCS(=O)C1=C2C(CCC3(C)C2CCC32CCC(=O)O2)C2(C)CCC(=O)CC2C1. The second-order valence-corrected chi connectivity index (χ2v) is 12.5. The lowest BCUT2D eigenvalue weighted by molar-refractivity contribution is -0.161. The van der Waals surface area contributed by atoms with E-state index in [1.165, 1.54) is 5.57 Å². The molecule has 0 aromatic rings. The van der Waals surface area contributed by atoms with Gasteiger partial charge < -0.3 is 4.74 Å². The lowest BCUT2D eigenvalue weighted by atomic mass is 9.47. The van der Waals surface area contributed by atoms with Crippen molar-refractivity contribution in [2.75, 3.05) is 5.75 Å². The zero-order valence-electron chi connectivity index (χ0n) is 18.1. The van der Waals surface area contributed by atoms with Crippen LogP contribution in [-0.4, -0.2) is 27.3 Å². The van der Waals surface area contributed by atoms with Crippen LogP contribution in [0.15, 0.2) is 10.5 Å². The standard InChI is InChI=1S/C24H34O4S/c1-4-29(27)19-14-15-13-16(25)5-9-22(15,2)17-6-10-23(3)18(21(17)19)7-11-24(23)12-8-20(26)28-24/h15,17-18H,4-14H2,1-3H3. The number of Topliss-reactive ketones (excluding diaryl/α,β-unsaturated/α-hetero) is 1. The van der Waals surface area contributed by atoms with E-state index in [1.807, 2.05) is 6.92 Å². The Morgan fingerprint density at radius 3 is 2.45 bits per heavy atom. The summed E-state index contributed by atoms with van der Waals surface area (Å²) in [5.41, 5.74) is 1.26. The average molecular weight is 419 g/mol. The third-order valence-electron chi connectivity index (χ3n) is 9.83. The molecule has 0 bridgehead atoms. The van der Waals surface area contributed by atoms with E-state index in [0.717, 1.165) is 49.9 Å². The molecule has 5 rings (SSSR count). The highest BCUT2D eigenvalue weighted by molar-refractivity contribution is 7.88. The first kappa shape index (κ1) is 20.0. The van der Waals surface area contributed by atoms with Gasteiger partial charge in [-0.3, -0.25) is 13.8 Å². The monoisotopic (exact) mass is 418 g/mol. The van der Waals surface area contributed by atoms with Gasteiger partial charge in [0.1, 0.15) is 11.4 Å². The minimum Gasteiger partial charge on any atom is -0.458 e. The van der Waals surface area contributed by atoms with E-state index in [4.69, 9.17) is 4.74 Å². The van der Waals surface area contributed by atoms with Crippen LogP contribution >= 0.6 is 0 Å². The summed E-state index contributed by atoms with van der Waals surface area (Å²) in [6.45, 7) is 6.76. The highest BCUT2D eigenvalue weighted by Gasteiger charge is 2.66. The fourth-order valence-electron chi connectivity index (χ4n) is 8.05. The van der Waals surface area contributed by atoms with Gasteiger partial charge in [-0.1, -0.05) is 26.3 Å². The van der Waals surface area contributed by atoms with E-state index in [0.29, 0.717) is 48.6 Å². The molecule has 160 valence electrons. The number of allylic oxidation sites excluding steroid dienone is 2. The van der Waals surface area contributed by atoms with Gasteiger partial charge in [-0.15, -0.1) is 0 Å². The van der Waals surface area contributed by atoms with Crippen molar-refractivity contribution in [1.82, 2.24) is 0 Å². The first-order chi connectivity index (χ1) is 13.7. The van der Waals surface area contributed by atoms with Gasteiger partial charge in [-0.25, -0.2) is 0 Å². The van der Waals surface area contributed by atoms with Crippen LogP contribution in [0, 0.1) is 28.6 Å². The van der Waals surface area contributed by atoms with E-state index >= 15 is 0 Å². The Balaban J connectivity index is 1.62. The molecule has 0 aromatic carbocycles. The van der Waals surface area contributed by atoms with Crippen LogP contribution in [0.4, 0.5) is 0 Å². The number of carbonyl (C=O) groups excluding carboxylic acids is 2. The summed E-state index contributed by atoms with van der Waals surface area (Å²) in [5.74, 6) is 2.13. The summed E-state index contributed by atoms with van der Waals surface area (Å²) in [4.78, 5) is 25.5. The third-order valence-corrected chi connectivity index (χ3v) is 11.3. The second-order valence-electron chi connectivity index (χ2n) is 10.7. The highest BCUT2D eigenvalue weighted by Crippen LogP contribution is 2.70. The predicted octanol–water partition coefficient (Wildman–Crippen LogP) is 4.69. The number of hydrogen-bond donors (Lipinski definition) is 0. The van der Waals surface area contributed by atoms with Crippen LogP contribution in [0.25, 0.3) is 0 Å². The van der Waals surface area contributed by atoms with Gasteiger partial charge in [-0.2, -0.15) is 0 Å². The lowest BCUT2D eigenvalue weighted by Crippen LogP contribution is -2.54. The molecular formula is C24H34O4S. The second kappa shape index (κ2) is 6.51. The Labute approximate surface area is 176 Å². The van der Waals surface area contributed by atoms with Gasteiger partial charge in [0.2, 0.25) is 0 Å². The predicted molar refractivity (Wildman–Crippen MR) is 112 cm³/mol. The van der Waals surface area contributed by atoms with Crippen LogP contribution in [-0.2, 0) is 25.1 Å². The molecule has 3 saturated carbocycles. The Morgan fingerprint density at radius 2 is 1.76 bits per heavy atom. The van der Waals surface area contributed by atoms with Crippen molar-refractivity contribution >= 4 is 22.6 Å². The smallest absolute Gasteiger partial charge is 0.306 e. The van der Waals surface area contributed by atoms with Gasteiger partial charge in [0.15, 0.2) is 0 Å². The maximum atomic E-state index is 13.2. The topological polar surface area (TPSA) is 60.4 Å². The first-order valence-corrected chi connectivity index (χ1v) is 12.9. The molecule has 29 heavy (non-hydrogen) atoms. The van der Waals surface area contributed by atoms with Crippen LogP contribution in [0.2, 0.25) is 0 Å². The number of esters is 1. The molecule has 0 aromatic heterocycles. The molecule has 7 atom stereocenters. The van der Waals surface area contributed by atoms with Crippen molar-refractivity contribution in [2.24, 2.45) is 28.6 Å². The Kier molecular flexibility index (Phi) is 4.48. The normalized spacial score (nSPS) is 47.6. The van der Waals surface area contributed by atoms with E-state index < -0.39 is 10.8 Å². The third kappa shape index (κ3) is 2.58. The van der Waals surface area contributed by atoms with E-state index in [9.17, 15) is 13.8 Å². The fraction of sp³-hybridized carbons (Fsp3) is 0.833. The molecule has 5 heteroatoms. The first-order valence-electron chi connectivity index (χ1n) is 11.6. The Hall–Kier alpha value is -0.970. The molecule has 5 aliphatic rings. The van der Waals surface area contributed by atoms with Gasteiger partial charge >= 0.3 is 5.97 Å². The quantitative estimate of drug-likeness (QED) is 0.611. The van der Waals surface area contributed by atoms with Crippen molar-refractivity contribution in [3.05, 3.63) is 10.5 Å². The van der Waals surface area contributed by atoms with Crippen molar-refractivity contribution in [1.29, 1.82) is 0 Å². The summed E-state index contributed by atoms with van der Waals surface area (Å²) in [7, 11) is -0.964. The number of fused-ring (bicyclic) bond motifs is 6. The zero-order valence-corrected chi connectivity index (χ0v) is 18.9. The maximum absolute atomic E-state index is 13.2. The number of carbonyl (C=O) groups is 2. The molecule has 0 amide bonds. The summed E-state index contributed by atoms with van der Waals surface area (Å²) in [6.07, 6.45) is 8.68. The van der Waals surface area contributed by atoms with Gasteiger partial charge in [0, 0.05) is 46.1 Å². The van der Waals surface area contributed by atoms with E-state index in [-0.39, 0.29) is 22.4 Å². The van der Waals surface area contributed by atoms with Crippen molar-refractivity contribution < 1.29 is 18.5 Å². The molecule has 1 heterocycles. The summed E-state index contributed by atoms with van der Waals surface area (Å²) in [5, 5.41) is 0. The Morgan fingerprint density at radius 1 is 1.00 bits per heavy atom. The molecule has 4 aliphatic carbocycles. The van der Waals surface area contributed by atoms with Crippen LogP contribution < -0.4 is 0 Å². The summed E-state index contributed by atoms with van der Waals surface area (Å²) in [6, 6.07) is 0. The average Bonchev–Trinajstić information content (AvgIpc) is 3.22. The highest BCUT2D eigenvalue weighted by atomic mass is 32.2. The van der Waals surface area contributed by atoms with Crippen molar-refractivity contribution in [2.45, 2.75) is 90.6 Å². The molecular weight excluding hydrogens is 384 g/mol. The molecule has 1 aliphatic heterocycles. The van der Waals surface area contributed by atoms with Crippen molar-refractivity contribution in [3.8, 4) is 0 Å². The zero-order chi connectivity index (χ0) is 20.6. The number of hydrogen-bond acceptors (Lipinski definition) is 4. The molecule has 0 N–H and O–H groups in total. The Bertz CT molecular complexity index is 831. The van der Waals surface area contributed by atoms with Crippen molar-refractivity contribution in [3.63, 3.8) is 0 Å². The molecule has 1 saturated heterocycles. The van der Waals surface area contributed by atoms with Crippen LogP contribution in [0.1, 0.15) is 85.0 Å². The lowest BCUT2D eigenvalue weighted by Gasteiger charge is -2.58. The minimum atomic E-state index is -0.964. The number of rotatable bonds is 2. The van der Waals surface area contributed by atoms with Gasteiger partial charge in [0.05, 0.1) is 0 Å². The molecule has 0 radical (unpaired) electrons. The molecule has 1 spiro atoms. The summed E-state index contributed by atoms with van der Waals surface area (Å²) < 4.78 is 19.3. The minimum absolute atomic E-state index is 0.0398. The van der Waals surface area contributed by atoms with Crippen LogP contribution in [0.3, 0.4) is 0 Å². The van der Waals surface area contributed by atoms with Gasteiger partial charge in [0.25, 0.3) is 0 Å². The van der Waals surface area contributed by atoms with E-state index in [1.54, 1.807) is 0 Å². The fourth-order valence-corrected chi connectivity index (χ4v) is 9.33. The maximum Gasteiger partial charge on any atom is 0.306 e. The number of ether oxygens (including phenoxy) is 1. The molecule has 4 nitrogen and oxygen atoms in total. The van der Waals surface area contributed by atoms with Crippen LogP contribution in [0.5, 0.6) is 0 Å². The summed E-state index contributed by atoms with van der Waals surface area (Å²) >= 11 is 0. The molecule has 4 fully saturated rings. The largest absolute Gasteiger partial charge is 0.458 e. The van der Waals surface area contributed by atoms with Gasteiger partial charge in [-0.05, 0) is 68.1 Å².